The first-order chi connectivity index (χ1) is 8.70. The molecule has 1 aliphatic rings. The summed E-state index contributed by atoms with van der Waals surface area (Å²) in [5.41, 5.74) is 1.62. The minimum Gasteiger partial charge on any atom is -0.389 e. The molecule has 2 rings (SSSR count). The summed E-state index contributed by atoms with van der Waals surface area (Å²) in [6.07, 6.45) is 4.90. The van der Waals surface area contributed by atoms with E-state index in [0.29, 0.717) is 5.56 Å². The molecule has 0 bridgehead atoms. The lowest BCUT2D eigenvalue weighted by Crippen LogP contribution is -2.00. The summed E-state index contributed by atoms with van der Waals surface area (Å²) >= 11 is 1.79. The van der Waals surface area contributed by atoms with Gasteiger partial charge in [0.15, 0.2) is 0 Å². The highest BCUT2D eigenvalue weighted by Gasteiger charge is 2.17. The van der Waals surface area contributed by atoms with E-state index < -0.39 is 6.10 Å². The topological polar surface area (TPSA) is 44.0 Å². The van der Waals surface area contributed by atoms with E-state index in [1.54, 1.807) is 24.8 Å². The maximum atomic E-state index is 9.76. The minimum absolute atomic E-state index is 0.469. The lowest BCUT2D eigenvalue weighted by molar-refractivity contribution is 0.196. The Kier molecular flexibility index (Phi) is 4.68. The Balaban J connectivity index is 2.10. The molecule has 1 saturated carbocycles. The van der Waals surface area contributed by atoms with E-state index in [4.69, 9.17) is 5.26 Å². The Hall–Kier alpha value is -0.980. The van der Waals surface area contributed by atoms with Gasteiger partial charge in [-0.25, -0.2) is 0 Å². The van der Waals surface area contributed by atoms with E-state index in [1.165, 1.54) is 25.7 Å². The van der Waals surface area contributed by atoms with Gasteiger partial charge >= 0.3 is 0 Å². The molecule has 0 aromatic heterocycles. The number of thioether (sulfide) groups is 1. The van der Waals surface area contributed by atoms with Crippen molar-refractivity contribution in [3.63, 3.8) is 0 Å². The molecule has 1 unspecified atom stereocenters. The lowest BCUT2D eigenvalue weighted by atomic mass is 10.1. The van der Waals surface area contributed by atoms with Crippen LogP contribution in [0.4, 0.5) is 0 Å². The molecule has 2 nitrogen and oxygen atoms in total. The van der Waals surface area contributed by atoms with Gasteiger partial charge in [-0.3, -0.25) is 0 Å². The van der Waals surface area contributed by atoms with Crippen LogP contribution in [-0.2, 0) is 0 Å². The van der Waals surface area contributed by atoms with Gasteiger partial charge in [0.05, 0.1) is 17.7 Å². The van der Waals surface area contributed by atoms with Gasteiger partial charge in [-0.15, -0.1) is 11.8 Å². The second-order valence-corrected chi connectivity index (χ2v) is 6.06. The molecule has 1 aromatic carbocycles. The van der Waals surface area contributed by atoms with E-state index in [0.717, 1.165) is 22.1 Å². The SMILES string of the molecule is CC(O)c1ccc(C#N)cc1SCC1CCCC1. The van der Waals surface area contributed by atoms with Crippen molar-refractivity contribution < 1.29 is 5.11 Å². The van der Waals surface area contributed by atoms with Gasteiger partial charge in [-0.05, 0) is 43.4 Å². The monoisotopic (exact) mass is 261 g/mol. The van der Waals surface area contributed by atoms with Crippen LogP contribution < -0.4 is 0 Å². The number of benzene rings is 1. The molecule has 1 fully saturated rings. The highest BCUT2D eigenvalue weighted by molar-refractivity contribution is 7.99. The molecule has 0 radical (unpaired) electrons. The molecular formula is C15H19NOS. The molecule has 3 heteroatoms. The molecule has 0 spiro atoms. The number of hydrogen-bond donors (Lipinski definition) is 1. The van der Waals surface area contributed by atoms with Crippen molar-refractivity contribution in [1.29, 1.82) is 5.26 Å². The third-order valence-corrected chi connectivity index (χ3v) is 4.84. The summed E-state index contributed by atoms with van der Waals surface area (Å²) in [5, 5.41) is 18.7. The lowest BCUT2D eigenvalue weighted by Gasteiger charge is -2.14. The maximum absolute atomic E-state index is 9.76. The molecule has 1 atom stereocenters. The van der Waals surface area contributed by atoms with Gasteiger partial charge in [0, 0.05) is 10.6 Å². The van der Waals surface area contributed by atoms with Gasteiger partial charge in [0.25, 0.3) is 0 Å². The summed E-state index contributed by atoms with van der Waals surface area (Å²) in [6, 6.07) is 7.73. The first-order valence-corrected chi connectivity index (χ1v) is 7.54. The quantitative estimate of drug-likeness (QED) is 0.836. The molecule has 1 aliphatic carbocycles. The van der Waals surface area contributed by atoms with Crippen LogP contribution in [0.5, 0.6) is 0 Å². The Morgan fingerprint density at radius 1 is 1.44 bits per heavy atom. The molecule has 1 aromatic rings. The zero-order valence-electron chi connectivity index (χ0n) is 10.7. The normalized spacial score (nSPS) is 17.6. The van der Waals surface area contributed by atoms with Crippen LogP contribution >= 0.6 is 11.8 Å². The van der Waals surface area contributed by atoms with E-state index in [-0.39, 0.29) is 0 Å². The van der Waals surface area contributed by atoms with Crippen molar-refractivity contribution in [2.75, 3.05) is 5.75 Å². The molecule has 96 valence electrons. The van der Waals surface area contributed by atoms with Crippen LogP contribution in [-0.4, -0.2) is 10.9 Å². The average Bonchev–Trinajstić information content (AvgIpc) is 2.88. The van der Waals surface area contributed by atoms with Crippen molar-refractivity contribution in [1.82, 2.24) is 0 Å². The fraction of sp³-hybridized carbons (Fsp3) is 0.533. The van der Waals surface area contributed by atoms with Crippen LogP contribution in [0.25, 0.3) is 0 Å². The minimum atomic E-state index is -0.469. The van der Waals surface area contributed by atoms with Crippen molar-refractivity contribution in [2.45, 2.75) is 43.6 Å². The zero-order valence-corrected chi connectivity index (χ0v) is 11.5. The maximum Gasteiger partial charge on any atom is 0.0992 e. The van der Waals surface area contributed by atoms with Crippen molar-refractivity contribution in [2.24, 2.45) is 5.92 Å². The highest BCUT2D eigenvalue weighted by atomic mass is 32.2. The van der Waals surface area contributed by atoms with Gasteiger partial charge in [-0.2, -0.15) is 5.26 Å². The van der Waals surface area contributed by atoms with Crippen LogP contribution in [0, 0.1) is 17.2 Å². The summed E-state index contributed by atoms with van der Waals surface area (Å²) in [4.78, 5) is 1.07. The van der Waals surface area contributed by atoms with E-state index in [9.17, 15) is 5.11 Å². The number of aliphatic hydroxyl groups excluding tert-OH is 1. The fourth-order valence-electron chi connectivity index (χ4n) is 2.46. The summed E-state index contributed by atoms with van der Waals surface area (Å²) < 4.78 is 0. The van der Waals surface area contributed by atoms with Crippen LogP contribution in [0.3, 0.4) is 0 Å². The van der Waals surface area contributed by atoms with Gasteiger partial charge in [0.2, 0.25) is 0 Å². The van der Waals surface area contributed by atoms with Crippen LogP contribution in [0.2, 0.25) is 0 Å². The number of hydrogen-bond acceptors (Lipinski definition) is 3. The average molecular weight is 261 g/mol. The summed E-state index contributed by atoms with van der Waals surface area (Å²) in [6.45, 7) is 1.78. The fourth-order valence-corrected chi connectivity index (χ4v) is 3.82. The van der Waals surface area contributed by atoms with Gasteiger partial charge in [-0.1, -0.05) is 18.9 Å². The Bertz CT molecular complexity index is 444. The van der Waals surface area contributed by atoms with E-state index in [1.807, 2.05) is 12.1 Å². The standard InChI is InChI=1S/C15H19NOS/c1-11(17)14-7-6-13(9-16)8-15(14)18-10-12-4-2-3-5-12/h6-8,11-12,17H,2-5,10H2,1H3. The van der Waals surface area contributed by atoms with Crippen molar-refractivity contribution >= 4 is 11.8 Å². The molecule has 0 aliphatic heterocycles. The molecule has 0 saturated heterocycles. The molecule has 0 amide bonds. The molecule has 18 heavy (non-hydrogen) atoms. The third-order valence-electron chi connectivity index (χ3n) is 3.54. The van der Waals surface area contributed by atoms with E-state index in [2.05, 4.69) is 6.07 Å². The van der Waals surface area contributed by atoms with Gasteiger partial charge in [0.1, 0.15) is 0 Å². The summed E-state index contributed by atoms with van der Waals surface area (Å²) in [7, 11) is 0. The van der Waals surface area contributed by atoms with Crippen molar-refractivity contribution in [3.8, 4) is 6.07 Å². The van der Waals surface area contributed by atoms with Crippen LogP contribution in [0.15, 0.2) is 23.1 Å². The molecule has 1 N–H and O–H groups in total. The second kappa shape index (κ2) is 6.26. The Morgan fingerprint density at radius 2 is 2.17 bits per heavy atom. The first-order valence-electron chi connectivity index (χ1n) is 6.55. The zero-order chi connectivity index (χ0) is 13.0. The first kappa shape index (κ1) is 13.5. The summed E-state index contributed by atoms with van der Waals surface area (Å²) in [5.74, 6) is 1.91. The highest BCUT2D eigenvalue weighted by Crippen LogP contribution is 2.34. The Morgan fingerprint density at radius 3 is 2.78 bits per heavy atom. The third kappa shape index (κ3) is 3.28. The molecular weight excluding hydrogens is 242 g/mol. The number of nitriles is 1. The smallest absolute Gasteiger partial charge is 0.0992 e. The number of aliphatic hydroxyl groups is 1. The largest absolute Gasteiger partial charge is 0.389 e. The van der Waals surface area contributed by atoms with Gasteiger partial charge < -0.3 is 5.11 Å². The Labute approximate surface area is 113 Å². The predicted molar refractivity (Wildman–Crippen MR) is 74.5 cm³/mol. The molecule has 0 heterocycles. The van der Waals surface area contributed by atoms with Crippen molar-refractivity contribution in [3.05, 3.63) is 29.3 Å². The second-order valence-electron chi connectivity index (χ2n) is 5.00. The predicted octanol–water partition coefficient (Wildman–Crippen LogP) is 3.89. The number of nitrogens with zero attached hydrogens (tertiary/aromatic N) is 1. The van der Waals surface area contributed by atoms with Crippen LogP contribution in [0.1, 0.15) is 49.8 Å². The van der Waals surface area contributed by atoms with E-state index >= 15 is 0 Å². The number of rotatable bonds is 4.